The maximum atomic E-state index is 13.2. The first-order valence-electron chi connectivity index (χ1n) is 5.63. The molecule has 0 bridgehead atoms. The molecule has 1 N–H and O–H groups in total. The van der Waals surface area contributed by atoms with E-state index in [0.717, 1.165) is 0 Å². The molecular weight excluding hydrogens is 255 g/mol. The van der Waals surface area contributed by atoms with Gasteiger partial charge in [0.2, 0.25) is 0 Å². The summed E-state index contributed by atoms with van der Waals surface area (Å²) in [7, 11) is -2.98. The minimum atomic E-state index is -2.98. The molecule has 1 aromatic carbocycles. The average Bonchev–Trinajstić information content (AvgIpc) is 2.35. The SMILES string of the molecule is CCS(=O)(=O)CCCNc1cccc(F)c1C#N. The zero-order valence-electron chi connectivity index (χ0n) is 10.1. The van der Waals surface area contributed by atoms with Gasteiger partial charge in [0.25, 0.3) is 0 Å². The molecule has 1 rings (SSSR count). The van der Waals surface area contributed by atoms with Crippen molar-refractivity contribution in [1.29, 1.82) is 5.26 Å². The number of sulfone groups is 1. The molecule has 0 aliphatic rings. The molecule has 0 radical (unpaired) electrons. The van der Waals surface area contributed by atoms with Gasteiger partial charge >= 0.3 is 0 Å². The third-order valence-corrected chi connectivity index (χ3v) is 4.30. The average molecular weight is 270 g/mol. The molecule has 1 aromatic rings. The van der Waals surface area contributed by atoms with Crippen molar-refractivity contribution in [3.63, 3.8) is 0 Å². The van der Waals surface area contributed by atoms with Crippen LogP contribution in [0.5, 0.6) is 0 Å². The van der Waals surface area contributed by atoms with Crippen LogP contribution in [-0.2, 0) is 9.84 Å². The van der Waals surface area contributed by atoms with Gasteiger partial charge in [-0.2, -0.15) is 5.26 Å². The Morgan fingerprint density at radius 3 is 2.78 bits per heavy atom. The van der Waals surface area contributed by atoms with E-state index in [-0.39, 0.29) is 17.1 Å². The smallest absolute Gasteiger partial charge is 0.150 e. The largest absolute Gasteiger partial charge is 0.384 e. The van der Waals surface area contributed by atoms with E-state index in [1.807, 2.05) is 0 Å². The molecule has 0 atom stereocenters. The third kappa shape index (κ3) is 4.00. The van der Waals surface area contributed by atoms with Crippen LogP contribution in [0.1, 0.15) is 18.9 Å². The molecule has 98 valence electrons. The van der Waals surface area contributed by atoms with Gasteiger partial charge in [-0.3, -0.25) is 0 Å². The minimum absolute atomic E-state index is 0.0455. The number of anilines is 1. The Kier molecular flexibility index (Phi) is 5.10. The molecule has 18 heavy (non-hydrogen) atoms. The van der Waals surface area contributed by atoms with Gasteiger partial charge in [-0.25, -0.2) is 12.8 Å². The molecule has 0 unspecified atom stereocenters. The van der Waals surface area contributed by atoms with Crippen molar-refractivity contribution in [3.8, 4) is 6.07 Å². The van der Waals surface area contributed by atoms with Gasteiger partial charge in [-0.1, -0.05) is 13.0 Å². The van der Waals surface area contributed by atoms with Crippen molar-refractivity contribution in [3.05, 3.63) is 29.6 Å². The Balaban J connectivity index is 2.56. The van der Waals surface area contributed by atoms with Crippen LogP contribution in [0, 0.1) is 17.1 Å². The van der Waals surface area contributed by atoms with Crippen LogP contribution >= 0.6 is 0 Å². The molecule has 0 aliphatic carbocycles. The van der Waals surface area contributed by atoms with E-state index >= 15 is 0 Å². The summed E-state index contributed by atoms with van der Waals surface area (Å²) >= 11 is 0. The molecule has 4 nitrogen and oxygen atoms in total. The summed E-state index contributed by atoms with van der Waals surface area (Å²) in [5, 5.41) is 11.7. The van der Waals surface area contributed by atoms with Gasteiger partial charge < -0.3 is 5.32 Å². The second-order valence-corrected chi connectivity index (χ2v) is 6.26. The van der Waals surface area contributed by atoms with E-state index in [1.165, 1.54) is 12.1 Å². The van der Waals surface area contributed by atoms with Crippen LogP contribution in [0.3, 0.4) is 0 Å². The van der Waals surface area contributed by atoms with Crippen molar-refractivity contribution in [1.82, 2.24) is 0 Å². The van der Waals surface area contributed by atoms with Gasteiger partial charge in [0, 0.05) is 12.3 Å². The number of hydrogen-bond donors (Lipinski definition) is 1. The second-order valence-electron chi connectivity index (χ2n) is 3.79. The lowest BCUT2D eigenvalue weighted by molar-refractivity contribution is 0.595. The minimum Gasteiger partial charge on any atom is -0.384 e. The standard InChI is InChI=1S/C12H15FN2O2S/c1-2-18(16,17)8-4-7-15-12-6-3-5-11(13)10(12)9-14/h3,5-6,15H,2,4,7-8H2,1H3. The Morgan fingerprint density at radius 2 is 2.17 bits per heavy atom. The van der Waals surface area contributed by atoms with E-state index in [0.29, 0.717) is 18.7 Å². The molecule has 0 spiro atoms. The predicted molar refractivity (Wildman–Crippen MR) is 68.5 cm³/mol. The number of benzene rings is 1. The number of halogens is 1. The van der Waals surface area contributed by atoms with Crippen molar-refractivity contribution in [2.24, 2.45) is 0 Å². The molecular formula is C12H15FN2O2S. The highest BCUT2D eigenvalue weighted by atomic mass is 32.2. The van der Waals surface area contributed by atoms with Gasteiger partial charge in [0.05, 0.1) is 11.4 Å². The molecule has 0 heterocycles. The molecule has 0 aliphatic heterocycles. The van der Waals surface area contributed by atoms with Crippen LogP contribution in [0.2, 0.25) is 0 Å². The van der Waals surface area contributed by atoms with Crippen molar-refractivity contribution in [2.75, 3.05) is 23.4 Å². The predicted octanol–water partition coefficient (Wildman–Crippen LogP) is 1.93. The summed E-state index contributed by atoms with van der Waals surface area (Å²) < 4.78 is 35.7. The highest BCUT2D eigenvalue weighted by Crippen LogP contribution is 2.17. The topological polar surface area (TPSA) is 70.0 Å². The maximum absolute atomic E-state index is 13.2. The van der Waals surface area contributed by atoms with E-state index in [9.17, 15) is 12.8 Å². The van der Waals surface area contributed by atoms with E-state index < -0.39 is 15.7 Å². The fourth-order valence-electron chi connectivity index (χ4n) is 1.44. The molecule has 0 saturated carbocycles. The Bertz CT molecular complexity index is 550. The number of nitrogens with one attached hydrogen (secondary N) is 1. The fourth-order valence-corrected chi connectivity index (χ4v) is 2.32. The molecule has 0 amide bonds. The lowest BCUT2D eigenvalue weighted by Gasteiger charge is -2.08. The summed E-state index contributed by atoms with van der Waals surface area (Å²) in [5.41, 5.74) is 0.349. The van der Waals surface area contributed by atoms with Gasteiger partial charge in [0.15, 0.2) is 0 Å². The summed E-state index contributed by atoms with van der Waals surface area (Å²) in [4.78, 5) is 0. The van der Waals surface area contributed by atoms with Crippen LogP contribution in [0.15, 0.2) is 18.2 Å². The van der Waals surface area contributed by atoms with Crippen LogP contribution in [0.4, 0.5) is 10.1 Å². The second kappa shape index (κ2) is 6.36. The lowest BCUT2D eigenvalue weighted by atomic mass is 10.2. The molecule has 0 aromatic heterocycles. The zero-order valence-corrected chi connectivity index (χ0v) is 10.9. The fraction of sp³-hybridized carbons (Fsp3) is 0.417. The van der Waals surface area contributed by atoms with Gasteiger partial charge in [-0.05, 0) is 18.6 Å². The lowest BCUT2D eigenvalue weighted by Crippen LogP contribution is -2.13. The first-order chi connectivity index (χ1) is 8.50. The number of nitriles is 1. The third-order valence-electron chi connectivity index (χ3n) is 2.51. The van der Waals surface area contributed by atoms with E-state index in [1.54, 1.807) is 19.1 Å². The molecule has 0 fully saturated rings. The van der Waals surface area contributed by atoms with Crippen LogP contribution in [-0.4, -0.2) is 26.5 Å². The summed E-state index contributed by atoms with van der Waals surface area (Å²) in [6.45, 7) is 1.99. The highest BCUT2D eigenvalue weighted by Gasteiger charge is 2.09. The van der Waals surface area contributed by atoms with E-state index in [2.05, 4.69) is 5.32 Å². The quantitative estimate of drug-likeness (QED) is 0.802. The normalized spacial score (nSPS) is 10.9. The highest BCUT2D eigenvalue weighted by molar-refractivity contribution is 7.91. The van der Waals surface area contributed by atoms with Crippen molar-refractivity contribution >= 4 is 15.5 Å². The van der Waals surface area contributed by atoms with Crippen molar-refractivity contribution < 1.29 is 12.8 Å². The van der Waals surface area contributed by atoms with Crippen LogP contribution < -0.4 is 5.32 Å². The Morgan fingerprint density at radius 1 is 1.44 bits per heavy atom. The van der Waals surface area contributed by atoms with Gasteiger partial charge in [-0.15, -0.1) is 0 Å². The number of rotatable bonds is 6. The Hall–Kier alpha value is -1.61. The summed E-state index contributed by atoms with van der Waals surface area (Å²) in [6.07, 6.45) is 0.428. The summed E-state index contributed by atoms with van der Waals surface area (Å²) in [5.74, 6) is -0.368. The summed E-state index contributed by atoms with van der Waals surface area (Å²) in [6, 6.07) is 6.08. The maximum Gasteiger partial charge on any atom is 0.150 e. The first kappa shape index (κ1) is 14.5. The molecule has 6 heteroatoms. The van der Waals surface area contributed by atoms with Crippen molar-refractivity contribution in [2.45, 2.75) is 13.3 Å². The van der Waals surface area contributed by atoms with Crippen LogP contribution in [0.25, 0.3) is 0 Å². The number of hydrogen-bond acceptors (Lipinski definition) is 4. The van der Waals surface area contributed by atoms with Gasteiger partial charge in [0.1, 0.15) is 27.3 Å². The number of nitrogens with zero attached hydrogens (tertiary/aromatic N) is 1. The Labute approximate surface area is 106 Å². The first-order valence-corrected chi connectivity index (χ1v) is 7.45. The van der Waals surface area contributed by atoms with E-state index in [4.69, 9.17) is 5.26 Å². The molecule has 0 saturated heterocycles. The monoisotopic (exact) mass is 270 g/mol. The zero-order chi connectivity index (χ0) is 13.6.